The summed E-state index contributed by atoms with van der Waals surface area (Å²) in [5, 5.41) is 23.2. The maximum Gasteiger partial charge on any atom is 0.257 e. The van der Waals surface area contributed by atoms with Crippen molar-refractivity contribution < 1.29 is 24.5 Å². The SMILES string of the molecule is CC1=C(C)C(=O)N([C@@H]2CCC3(O)[C@H]4Cc5ccc(O)c6c5[C@@]3(CCN4CC3CC3)[C@H]2O6)C1=O. The number of hydrogen-bond acceptors (Lipinski definition) is 6. The van der Waals surface area contributed by atoms with Gasteiger partial charge in [0, 0.05) is 29.3 Å². The van der Waals surface area contributed by atoms with E-state index in [1.54, 1.807) is 19.9 Å². The third kappa shape index (κ3) is 2.23. The minimum atomic E-state index is -1.02. The summed E-state index contributed by atoms with van der Waals surface area (Å²) >= 11 is 0. The summed E-state index contributed by atoms with van der Waals surface area (Å²) in [5.74, 6) is 0.724. The van der Waals surface area contributed by atoms with Crippen molar-refractivity contribution in [3.63, 3.8) is 0 Å². The second-order valence-corrected chi connectivity index (χ2v) is 11.1. The lowest BCUT2D eigenvalue weighted by molar-refractivity contribution is -0.201. The van der Waals surface area contributed by atoms with Gasteiger partial charge in [-0.2, -0.15) is 0 Å². The molecule has 7 nitrogen and oxygen atoms in total. The number of likely N-dealkylation sites (tertiary alicyclic amines) is 1. The molecule has 1 aromatic rings. The molecule has 2 saturated carbocycles. The number of nitrogens with zero attached hydrogens (tertiary/aromatic N) is 2. The first-order valence-electron chi connectivity index (χ1n) is 12.3. The Hall–Kier alpha value is -2.38. The van der Waals surface area contributed by atoms with E-state index >= 15 is 0 Å². The molecule has 7 rings (SSSR count). The Balaban J connectivity index is 1.38. The first kappa shape index (κ1) is 20.0. The van der Waals surface area contributed by atoms with Gasteiger partial charge in [0.25, 0.3) is 11.8 Å². The van der Waals surface area contributed by atoms with Crippen LogP contribution in [-0.4, -0.2) is 68.7 Å². The van der Waals surface area contributed by atoms with Crippen LogP contribution in [0.4, 0.5) is 0 Å². The highest BCUT2D eigenvalue weighted by molar-refractivity contribution is 6.19. The molecule has 6 aliphatic rings. The van der Waals surface area contributed by atoms with Crippen LogP contribution in [0.25, 0.3) is 0 Å². The minimum Gasteiger partial charge on any atom is -0.504 e. The highest BCUT2D eigenvalue weighted by atomic mass is 16.5. The van der Waals surface area contributed by atoms with Crippen molar-refractivity contribution in [2.75, 3.05) is 13.1 Å². The number of rotatable bonds is 3. The molecule has 1 saturated heterocycles. The monoisotopic (exact) mass is 450 g/mol. The predicted octanol–water partition coefficient (Wildman–Crippen LogP) is 2.03. The molecule has 5 atom stereocenters. The summed E-state index contributed by atoms with van der Waals surface area (Å²) in [7, 11) is 0. The van der Waals surface area contributed by atoms with Crippen molar-refractivity contribution in [2.24, 2.45) is 5.92 Å². The van der Waals surface area contributed by atoms with Crippen LogP contribution in [0.1, 0.15) is 57.1 Å². The maximum absolute atomic E-state index is 13.1. The fourth-order valence-corrected chi connectivity index (χ4v) is 7.80. The average Bonchev–Trinajstić information content (AvgIpc) is 3.50. The lowest BCUT2D eigenvalue weighted by atomic mass is 9.48. The average molecular weight is 451 g/mol. The van der Waals surface area contributed by atoms with Crippen LogP contribution >= 0.6 is 0 Å². The van der Waals surface area contributed by atoms with Gasteiger partial charge in [-0.15, -0.1) is 0 Å². The largest absolute Gasteiger partial charge is 0.504 e. The van der Waals surface area contributed by atoms with E-state index in [1.807, 2.05) is 6.07 Å². The van der Waals surface area contributed by atoms with Gasteiger partial charge in [-0.3, -0.25) is 19.4 Å². The number of amides is 2. The normalized spacial score (nSPS) is 39.2. The van der Waals surface area contributed by atoms with Crippen LogP contribution in [0, 0.1) is 5.92 Å². The number of carbonyl (C=O) groups is 2. The van der Waals surface area contributed by atoms with E-state index in [0.29, 0.717) is 36.2 Å². The van der Waals surface area contributed by atoms with Crippen molar-refractivity contribution in [3.8, 4) is 11.5 Å². The number of carbonyl (C=O) groups excluding carboxylic acids is 2. The molecule has 1 spiro atoms. The quantitative estimate of drug-likeness (QED) is 0.685. The van der Waals surface area contributed by atoms with E-state index in [1.165, 1.54) is 17.7 Å². The molecular formula is C26H30N2O5. The third-order valence-corrected chi connectivity index (χ3v) is 9.70. The Morgan fingerprint density at radius 2 is 1.82 bits per heavy atom. The highest BCUT2D eigenvalue weighted by Crippen LogP contribution is 2.66. The van der Waals surface area contributed by atoms with Crippen molar-refractivity contribution in [3.05, 3.63) is 34.4 Å². The Labute approximate surface area is 193 Å². The Bertz CT molecular complexity index is 1130. The van der Waals surface area contributed by atoms with Gasteiger partial charge in [-0.05, 0) is 76.5 Å². The molecule has 2 amide bonds. The van der Waals surface area contributed by atoms with E-state index in [9.17, 15) is 19.8 Å². The van der Waals surface area contributed by atoms with Crippen molar-refractivity contribution in [1.29, 1.82) is 0 Å². The zero-order valence-corrected chi connectivity index (χ0v) is 19.1. The van der Waals surface area contributed by atoms with Gasteiger partial charge in [0.1, 0.15) is 6.10 Å². The number of piperidine rings is 1. The van der Waals surface area contributed by atoms with Gasteiger partial charge < -0.3 is 14.9 Å². The van der Waals surface area contributed by atoms with Gasteiger partial charge in [0.15, 0.2) is 11.5 Å². The molecule has 7 heteroatoms. The molecule has 2 N–H and O–H groups in total. The first-order chi connectivity index (χ1) is 15.8. The maximum atomic E-state index is 13.1. The number of ether oxygens (including phenoxy) is 1. The second-order valence-electron chi connectivity index (χ2n) is 11.1. The van der Waals surface area contributed by atoms with Gasteiger partial charge >= 0.3 is 0 Å². The molecule has 0 radical (unpaired) electrons. The minimum absolute atomic E-state index is 0.0199. The molecule has 0 aromatic heterocycles. The van der Waals surface area contributed by atoms with E-state index < -0.39 is 23.2 Å². The smallest absolute Gasteiger partial charge is 0.257 e. The van der Waals surface area contributed by atoms with Crippen LogP contribution in [0.5, 0.6) is 11.5 Å². The summed E-state index contributed by atoms with van der Waals surface area (Å²) in [4.78, 5) is 30.1. The predicted molar refractivity (Wildman–Crippen MR) is 119 cm³/mol. The van der Waals surface area contributed by atoms with Crippen LogP contribution in [0.2, 0.25) is 0 Å². The Morgan fingerprint density at radius 3 is 2.52 bits per heavy atom. The third-order valence-electron chi connectivity index (χ3n) is 9.70. The fourth-order valence-electron chi connectivity index (χ4n) is 7.80. The number of aliphatic hydroxyl groups is 1. The van der Waals surface area contributed by atoms with E-state index in [0.717, 1.165) is 36.6 Å². The van der Waals surface area contributed by atoms with Crippen molar-refractivity contribution >= 4 is 11.8 Å². The van der Waals surface area contributed by atoms with E-state index in [-0.39, 0.29) is 23.6 Å². The molecule has 3 fully saturated rings. The fraction of sp³-hybridized carbons (Fsp3) is 0.615. The molecule has 174 valence electrons. The van der Waals surface area contributed by atoms with Gasteiger partial charge in [-0.25, -0.2) is 0 Å². The van der Waals surface area contributed by atoms with Crippen LogP contribution < -0.4 is 4.74 Å². The zero-order valence-electron chi connectivity index (χ0n) is 19.1. The van der Waals surface area contributed by atoms with E-state index in [2.05, 4.69) is 4.90 Å². The summed E-state index contributed by atoms with van der Waals surface area (Å²) in [6.07, 6.45) is 4.40. The van der Waals surface area contributed by atoms with Crippen LogP contribution in [0.3, 0.4) is 0 Å². The standard InChI is InChI=1S/C26H30N2O5/c1-13-14(2)24(31)28(23(13)30)17-7-8-26(32)19-11-16-5-6-18(29)21-20(16)25(26,22(17)33-21)9-10-27(19)12-15-3-4-15/h5-6,15,17,19,22,29,32H,3-4,7-12H2,1-2H3/t17-,19-,22+,25+,26?/m1/s1. The number of benzene rings is 1. The van der Waals surface area contributed by atoms with Crippen LogP contribution in [-0.2, 0) is 21.4 Å². The molecule has 3 aliphatic heterocycles. The number of imide groups is 1. The molecule has 33 heavy (non-hydrogen) atoms. The Kier molecular flexibility index (Phi) is 3.76. The van der Waals surface area contributed by atoms with Gasteiger partial charge in [0.05, 0.1) is 17.1 Å². The van der Waals surface area contributed by atoms with Gasteiger partial charge in [-0.1, -0.05) is 6.07 Å². The topological polar surface area (TPSA) is 90.3 Å². The van der Waals surface area contributed by atoms with Crippen molar-refractivity contribution in [2.45, 2.75) is 81.6 Å². The molecular weight excluding hydrogens is 420 g/mol. The highest BCUT2D eigenvalue weighted by Gasteiger charge is 2.74. The molecule has 3 aliphatic carbocycles. The number of hydrogen-bond donors (Lipinski definition) is 2. The van der Waals surface area contributed by atoms with E-state index in [4.69, 9.17) is 4.74 Å². The first-order valence-corrected chi connectivity index (χ1v) is 12.3. The Morgan fingerprint density at radius 1 is 1.09 bits per heavy atom. The molecule has 1 aromatic carbocycles. The molecule has 2 bridgehead atoms. The van der Waals surface area contributed by atoms with Crippen LogP contribution in [0.15, 0.2) is 23.3 Å². The summed E-state index contributed by atoms with van der Waals surface area (Å²) < 4.78 is 6.50. The zero-order chi connectivity index (χ0) is 22.9. The lowest BCUT2D eigenvalue weighted by Crippen LogP contribution is -2.78. The second kappa shape index (κ2) is 6.19. The summed E-state index contributed by atoms with van der Waals surface area (Å²) in [5.41, 5.74) is 1.26. The molecule has 3 heterocycles. The summed E-state index contributed by atoms with van der Waals surface area (Å²) in [6, 6.07) is 3.17. The number of aromatic hydroxyl groups is 1. The number of phenols is 1. The summed E-state index contributed by atoms with van der Waals surface area (Å²) in [6.45, 7) is 5.27. The van der Waals surface area contributed by atoms with Gasteiger partial charge in [0.2, 0.25) is 0 Å². The number of phenolic OH excluding ortho intramolecular Hbond substituents is 1. The lowest BCUT2D eigenvalue weighted by Gasteiger charge is -2.64. The van der Waals surface area contributed by atoms with Crippen molar-refractivity contribution in [1.82, 2.24) is 9.80 Å². The molecule has 1 unspecified atom stereocenters.